The summed E-state index contributed by atoms with van der Waals surface area (Å²) >= 11 is 3.20. The van der Waals surface area contributed by atoms with E-state index in [0.29, 0.717) is 10.0 Å². The summed E-state index contributed by atoms with van der Waals surface area (Å²) in [4.78, 5) is 0. The molecule has 0 saturated carbocycles. The third-order valence-electron chi connectivity index (χ3n) is 2.91. The van der Waals surface area contributed by atoms with Gasteiger partial charge in [0.2, 0.25) is 0 Å². The van der Waals surface area contributed by atoms with E-state index in [-0.39, 0.29) is 11.3 Å². The number of benzene rings is 2. The van der Waals surface area contributed by atoms with Crippen molar-refractivity contribution in [2.75, 3.05) is 7.11 Å². The molecule has 0 aliphatic heterocycles. The van der Waals surface area contributed by atoms with Crippen LogP contribution in [0.2, 0.25) is 0 Å². The fourth-order valence-corrected chi connectivity index (χ4v) is 2.50. The molecule has 0 aliphatic carbocycles. The number of nitrogens with one attached hydrogen (secondary N) is 1. The zero-order chi connectivity index (χ0) is 14.7. The van der Waals surface area contributed by atoms with Crippen molar-refractivity contribution in [1.82, 2.24) is 5.43 Å². The molecule has 0 fully saturated rings. The van der Waals surface area contributed by atoms with Crippen molar-refractivity contribution in [1.29, 1.82) is 0 Å². The number of hydrazine groups is 1. The average Bonchev–Trinajstić information content (AvgIpc) is 2.40. The second-order valence-corrected chi connectivity index (χ2v) is 5.08. The Morgan fingerprint density at radius 3 is 2.60 bits per heavy atom. The van der Waals surface area contributed by atoms with Crippen LogP contribution in [0.3, 0.4) is 0 Å². The van der Waals surface area contributed by atoms with E-state index in [1.807, 2.05) is 0 Å². The molecule has 2 aromatic rings. The molecule has 0 saturated heterocycles. The summed E-state index contributed by atoms with van der Waals surface area (Å²) in [6.45, 7) is 0. The summed E-state index contributed by atoms with van der Waals surface area (Å²) in [5.74, 6) is 4.65. The van der Waals surface area contributed by atoms with Crippen LogP contribution in [0.1, 0.15) is 17.2 Å². The Bertz CT molecular complexity index is 602. The van der Waals surface area contributed by atoms with Gasteiger partial charge in [-0.1, -0.05) is 28.1 Å². The number of ether oxygens (including phenoxy) is 1. The first-order valence-electron chi connectivity index (χ1n) is 5.81. The standard InChI is InChI=1S/C14H13BrF2N2O/c1-20-12-4-2-3-11(13(12)17)14(19-18)8-5-9(15)7-10(16)6-8/h2-7,14,19H,18H2,1H3. The molecular formula is C14H13BrF2N2O. The minimum atomic E-state index is -0.683. The second-order valence-electron chi connectivity index (χ2n) is 4.17. The Kier molecular flexibility index (Phi) is 4.69. The van der Waals surface area contributed by atoms with Crippen LogP contribution in [-0.4, -0.2) is 7.11 Å². The van der Waals surface area contributed by atoms with Gasteiger partial charge in [0.15, 0.2) is 11.6 Å². The lowest BCUT2D eigenvalue weighted by Gasteiger charge is -2.19. The summed E-state index contributed by atoms with van der Waals surface area (Å²) in [7, 11) is 1.38. The van der Waals surface area contributed by atoms with Gasteiger partial charge >= 0.3 is 0 Å². The molecular weight excluding hydrogens is 330 g/mol. The first-order valence-corrected chi connectivity index (χ1v) is 6.60. The summed E-state index contributed by atoms with van der Waals surface area (Å²) in [5, 5.41) is 0. The zero-order valence-electron chi connectivity index (χ0n) is 10.7. The number of nitrogens with two attached hydrogens (primary N) is 1. The fraction of sp³-hybridized carbons (Fsp3) is 0.143. The molecule has 1 atom stereocenters. The van der Waals surface area contributed by atoms with Gasteiger partial charge in [-0.25, -0.2) is 14.2 Å². The molecule has 0 spiro atoms. The molecule has 0 aromatic heterocycles. The Hall–Kier alpha value is -1.50. The van der Waals surface area contributed by atoms with Gasteiger partial charge in [0.05, 0.1) is 13.2 Å². The highest BCUT2D eigenvalue weighted by molar-refractivity contribution is 9.10. The van der Waals surface area contributed by atoms with E-state index in [9.17, 15) is 8.78 Å². The smallest absolute Gasteiger partial charge is 0.170 e. The van der Waals surface area contributed by atoms with E-state index < -0.39 is 17.7 Å². The number of hydrogen-bond acceptors (Lipinski definition) is 3. The lowest BCUT2D eigenvalue weighted by Crippen LogP contribution is -2.29. The van der Waals surface area contributed by atoms with Gasteiger partial charge in [-0.3, -0.25) is 5.84 Å². The van der Waals surface area contributed by atoms with Crippen LogP contribution in [0.25, 0.3) is 0 Å². The zero-order valence-corrected chi connectivity index (χ0v) is 12.2. The van der Waals surface area contributed by atoms with E-state index in [4.69, 9.17) is 10.6 Å². The normalized spacial score (nSPS) is 12.2. The molecule has 1 unspecified atom stereocenters. The minimum Gasteiger partial charge on any atom is -0.494 e. The lowest BCUT2D eigenvalue weighted by atomic mass is 9.98. The van der Waals surface area contributed by atoms with Crippen molar-refractivity contribution < 1.29 is 13.5 Å². The monoisotopic (exact) mass is 342 g/mol. The van der Waals surface area contributed by atoms with Crippen molar-refractivity contribution >= 4 is 15.9 Å². The summed E-state index contributed by atoms with van der Waals surface area (Å²) < 4.78 is 33.2. The van der Waals surface area contributed by atoms with Gasteiger partial charge in [-0.2, -0.15) is 0 Å². The van der Waals surface area contributed by atoms with E-state index >= 15 is 0 Å². The van der Waals surface area contributed by atoms with E-state index in [0.717, 1.165) is 0 Å². The summed E-state index contributed by atoms with van der Waals surface area (Å²) in [6, 6.07) is 8.34. The predicted octanol–water partition coefficient (Wildman–Crippen LogP) is 3.29. The van der Waals surface area contributed by atoms with Crippen LogP contribution in [-0.2, 0) is 0 Å². The van der Waals surface area contributed by atoms with Crippen LogP contribution < -0.4 is 16.0 Å². The SMILES string of the molecule is COc1cccc(C(NN)c2cc(F)cc(Br)c2)c1F. The van der Waals surface area contributed by atoms with Gasteiger partial charge < -0.3 is 4.74 Å². The van der Waals surface area contributed by atoms with Crippen molar-refractivity contribution in [3.8, 4) is 5.75 Å². The highest BCUT2D eigenvalue weighted by atomic mass is 79.9. The van der Waals surface area contributed by atoms with Crippen LogP contribution in [0.15, 0.2) is 40.9 Å². The van der Waals surface area contributed by atoms with Gasteiger partial charge in [0.25, 0.3) is 0 Å². The quantitative estimate of drug-likeness (QED) is 0.662. The van der Waals surface area contributed by atoms with Crippen molar-refractivity contribution in [3.63, 3.8) is 0 Å². The molecule has 106 valence electrons. The molecule has 3 nitrogen and oxygen atoms in total. The van der Waals surface area contributed by atoms with Crippen molar-refractivity contribution in [2.45, 2.75) is 6.04 Å². The first-order chi connectivity index (χ1) is 9.56. The highest BCUT2D eigenvalue weighted by Gasteiger charge is 2.20. The van der Waals surface area contributed by atoms with Crippen LogP contribution in [0.5, 0.6) is 5.75 Å². The van der Waals surface area contributed by atoms with Crippen LogP contribution in [0, 0.1) is 11.6 Å². The summed E-state index contributed by atoms with van der Waals surface area (Å²) in [5.41, 5.74) is 3.29. The first kappa shape index (κ1) is 14.9. The number of rotatable bonds is 4. The van der Waals surface area contributed by atoms with Crippen LogP contribution in [0.4, 0.5) is 8.78 Å². The largest absolute Gasteiger partial charge is 0.494 e. The van der Waals surface area contributed by atoms with Gasteiger partial charge in [0.1, 0.15) is 5.82 Å². The minimum absolute atomic E-state index is 0.109. The number of halogens is 3. The maximum atomic E-state index is 14.3. The molecule has 2 rings (SSSR count). The molecule has 20 heavy (non-hydrogen) atoms. The van der Waals surface area contributed by atoms with Gasteiger partial charge in [-0.15, -0.1) is 0 Å². The Balaban J connectivity index is 2.52. The molecule has 0 radical (unpaired) electrons. The molecule has 2 aromatic carbocycles. The maximum absolute atomic E-state index is 14.3. The van der Waals surface area contributed by atoms with Crippen molar-refractivity contribution in [2.24, 2.45) is 5.84 Å². The number of methoxy groups -OCH3 is 1. The van der Waals surface area contributed by atoms with E-state index in [1.165, 1.54) is 25.3 Å². The maximum Gasteiger partial charge on any atom is 0.170 e. The number of hydrogen-bond donors (Lipinski definition) is 2. The summed E-state index contributed by atoms with van der Waals surface area (Å²) in [6.07, 6.45) is 0. The third kappa shape index (κ3) is 2.98. The fourth-order valence-electron chi connectivity index (χ4n) is 2.02. The molecule has 0 bridgehead atoms. The van der Waals surface area contributed by atoms with Gasteiger partial charge in [-0.05, 0) is 29.8 Å². The van der Waals surface area contributed by atoms with Gasteiger partial charge in [0, 0.05) is 10.0 Å². The third-order valence-corrected chi connectivity index (χ3v) is 3.37. The molecule has 6 heteroatoms. The van der Waals surface area contributed by atoms with Crippen molar-refractivity contribution in [3.05, 3.63) is 63.6 Å². The topological polar surface area (TPSA) is 47.3 Å². The molecule has 0 heterocycles. The lowest BCUT2D eigenvalue weighted by molar-refractivity contribution is 0.381. The van der Waals surface area contributed by atoms with Crippen LogP contribution >= 0.6 is 15.9 Å². The molecule has 0 aliphatic rings. The highest BCUT2D eigenvalue weighted by Crippen LogP contribution is 2.30. The van der Waals surface area contributed by atoms with E-state index in [1.54, 1.807) is 18.2 Å². The molecule has 3 N–H and O–H groups in total. The predicted molar refractivity (Wildman–Crippen MR) is 76.2 cm³/mol. The Labute approximate surface area is 123 Å². The Morgan fingerprint density at radius 2 is 2.00 bits per heavy atom. The molecule has 0 amide bonds. The average molecular weight is 343 g/mol. The van der Waals surface area contributed by atoms with E-state index in [2.05, 4.69) is 21.4 Å². The Morgan fingerprint density at radius 1 is 1.25 bits per heavy atom. The second kappa shape index (κ2) is 6.30.